The first-order valence-electron chi connectivity index (χ1n) is 8.72. The number of aromatic nitrogens is 5. The van der Waals surface area contributed by atoms with Gasteiger partial charge in [-0.1, -0.05) is 6.07 Å². The van der Waals surface area contributed by atoms with Crippen molar-refractivity contribution in [2.45, 2.75) is 32.6 Å². The monoisotopic (exact) mass is 334 g/mol. The number of aryl methyl sites for hydroxylation is 2. The Hall–Kier alpha value is -2.76. The van der Waals surface area contributed by atoms with Crippen LogP contribution >= 0.6 is 0 Å². The molecular weight excluding hydrogens is 312 g/mol. The Labute approximate surface area is 147 Å². The van der Waals surface area contributed by atoms with Gasteiger partial charge in [0, 0.05) is 43.3 Å². The van der Waals surface area contributed by atoms with Gasteiger partial charge in [-0.25, -0.2) is 19.9 Å². The van der Waals surface area contributed by atoms with E-state index in [1.54, 1.807) is 0 Å². The number of imidazole rings is 1. The van der Waals surface area contributed by atoms with Gasteiger partial charge >= 0.3 is 0 Å². The zero-order chi connectivity index (χ0) is 17.2. The van der Waals surface area contributed by atoms with Crippen LogP contribution in [0, 0.1) is 13.8 Å². The number of rotatable bonds is 3. The van der Waals surface area contributed by atoms with Gasteiger partial charge in [0.2, 0.25) is 0 Å². The van der Waals surface area contributed by atoms with Crippen LogP contribution in [0.5, 0.6) is 0 Å². The summed E-state index contributed by atoms with van der Waals surface area (Å²) in [5.41, 5.74) is 1.14. The molecule has 1 unspecified atom stereocenters. The van der Waals surface area contributed by atoms with Gasteiger partial charge in [0.1, 0.15) is 23.3 Å². The molecule has 1 fully saturated rings. The third kappa shape index (κ3) is 3.24. The molecule has 0 aliphatic carbocycles. The molecule has 3 aromatic heterocycles. The average Bonchev–Trinajstić information content (AvgIpc) is 3.08. The zero-order valence-corrected chi connectivity index (χ0v) is 14.6. The Morgan fingerprint density at radius 1 is 1.00 bits per heavy atom. The lowest BCUT2D eigenvalue weighted by molar-refractivity contribution is 0.497. The first-order chi connectivity index (χ1) is 12.2. The predicted octanol–water partition coefficient (Wildman–Crippen LogP) is 3.06. The summed E-state index contributed by atoms with van der Waals surface area (Å²) < 4.78 is 2.03. The Kier molecular flexibility index (Phi) is 4.17. The number of anilines is 1. The van der Waals surface area contributed by atoms with E-state index in [2.05, 4.69) is 32.0 Å². The van der Waals surface area contributed by atoms with E-state index in [-0.39, 0.29) is 0 Å². The molecule has 1 aliphatic rings. The minimum atomic E-state index is 0.410. The van der Waals surface area contributed by atoms with Gasteiger partial charge in [0.05, 0.1) is 0 Å². The van der Waals surface area contributed by atoms with Crippen LogP contribution in [0.2, 0.25) is 0 Å². The first-order valence-corrected chi connectivity index (χ1v) is 8.72. The van der Waals surface area contributed by atoms with Crippen LogP contribution in [-0.4, -0.2) is 37.6 Å². The van der Waals surface area contributed by atoms with E-state index in [0.29, 0.717) is 5.92 Å². The van der Waals surface area contributed by atoms with Crippen LogP contribution in [0.4, 0.5) is 5.82 Å². The lowest BCUT2D eigenvalue weighted by Gasteiger charge is -2.33. The molecule has 4 rings (SSSR count). The zero-order valence-electron chi connectivity index (χ0n) is 14.6. The van der Waals surface area contributed by atoms with Crippen molar-refractivity contribution in [3.63, 3.8) is 0 Å². The molecule has 128 valence electrons. The number of piperidine rings is 1. The maximum Gasteiger partial charge on any atom is 0.138 e. The Balaban J connectivity index is 1.58. The van der Waals surface area contributed by atoms with Crippen molar-refractivity contribution >= 4 is 5.82 Å². The third-order valence-electron chi connectivity index (χ3n) is 4.75. The van der Waals surface area contributed by atoms with Crippen molar-refractivity contribution in [3.8, 4) is 5.82 Å². The number of nitrogens with zero attached hydrogens (tertiary/aromatic N) is 6. The maximum absolute atomic E-state index is 4.91. The van der Waals surface area contributed by atoms with Crippen molar-refractivity contribution < 1.29 is 0 Å². The highest BCUT2D eigenvalue weighted by molar-refractivity contribution is 5.39. The van der Waals surface area contributed by atoms with Gasteiger partial charge in [0.15, 0.2) is 0 Å². The SMILES string of the molecule is Cc1nccc(N2CCCC(c3cccc(-n4ccnc4C)n3)C2)n1. The van der Waals surface area contributed by atoms with E-state index in [1.807, 2.05) is 49.1 Å². The number of hydrogen-bond donors (Lipinski definition) is 0. The van der Waals surface area contributed by atoms with Gasteiger partial charge in [-0.3, -0.25) is 4.57 Å². The van der Waals surface area contributed by atoms with E-state index in [9.17, 15) is 0 Å². The van der Waals surface area contributed by atoms with Crippen LogP contribution < -0.4 is 4.90 Å². The molecule has 6 nitrogen and oxygen atoms in total. The number of hydrogen-bond acceptors (Lipinski definition) is 5. The van der Waals surface area contributed by atoms with Gasteiger partial charge in [-0.2, -0.15) is 0 Å². The highest BCUT2D eigenvalue weighted by Gasteiger charge is 2.23. The fraction of sp³-hybridized carbons (Fsp3) is 0.368. The van der Waals surface area contributed by atoms with Crippen molar-refractivity contribution in [1.29, 1.82) is 0 Å². The smallest absolute Gasteiger partial charge is 0.138 e. The van der Waals surface area contributed by atoms with E-state index in [1.165, 1.54) is 0 Å². The van der Waals surface area contributed by atoms with Crippen LogP contribution in [0.3, 0.4) is 0 Å². The Morgan fingerprint density at radius 3 is 2.72 bits per heavy atom. The van der Waals surface area contributed by atoms with Crippen LogP contribution in [0.15, 0.2) is 42.9 Å². The van der Waals surface area contributed by atoms with Crippen molar-refractivity contribution in [3.05, 3.63) is 60.2 Å². The maximum atomic E-state index is 4.91. The third-order valence-corrected chi connectivity index (χ3v) is 4.75. The quantitative estimate of drug-likeness (QED) is 0.737. The predicted molar refractivity (Wildman–Crippen MR) is 97.1 cm³/mol. The minimum Gasteiger partial charge on any atom is -0.356 e. The van der Waals surface area contributed by atoms with E-state index in [0.717, 1.165) is 54.9 Å². The second-order valence-electron chi connectivity index (χ2n) is 6.51. The van der Waals surface area contributed by atoms with Gasteiger partial charge in [0.25, 0.3) is 0 Å². The lowest BCUT2D eigenvalue weighted by Crippen LogP contribution is -2.35. The topological polar surface area (TPSA) is 59.7 Å². The van der Waals surface area contributed by atoms with Gasteiger partial charge in [-0.05, 0) is 44.9 Å². The van der Waals surface area contributed by atoms with Crippen LogP contribution in [0.25, 0.3) is 5.82 Å². The largest absolute Gasteiger partial charge is 0.356 e. The molecule has 0 N–H and O–H groups in total. The average molecular weight is 334 g/mol. The highest BCUT2D eigenvalue weighted by Crippen LogP contribution is 2.28. The van der Waals surface area contributed by atoms with Gasteiger partial charge < -0.3 is 4.90 Å². The Morgan fingerprint density at radius 2 is 1.92 bits per heavy atom. The normalized spacial score (nSPS) is 17.7. The first kappa shape index (κ1) is 15.7. The summed E-state index contributed by atoms with van der Waals surface area (Å²) in [5.74, 6) is 4.12. The minimum absolute atomic E-state index is 0.410. The van der Waals surface area contributed by atoms with Crippen molar-refractivity contribution in [2.24, 2.45) is 0 Å². The highest BCUT2D eigenvalue weighted by atomic mass is 15.2. The summed E-state index contributed by atoms with van der Waals surface area (Å²) in [7, 11) is 0. The molecule has 0 spiro atoms. The molecule has 6 heteroatoms. The van der Waals surface area contributed by atoms with Crippen molar-refractivity contribution in [1.82, 2.24) is 24.5 Å². The second kappa shape index (κ2) is 6.63. The summed E-state index contributed by atoms with van der Waals surface area (Å²) in [6.45, 7) is 5.90. The molecule has 0 aromatic carbocycles. The molecule has 0 saturated carbocycles. The summed E-state index contributed by atoms with van der Waals surface area (Å²) >= 11 is 0. The van der Waals surface area contributed by atoms with Crippen LogP contribution in [0.1, 0.15) is 36.1 Å². The molecule has 4 heterocycles. The lowest BCUT2D eigenvalue weighted by atomic mass is 9.94. The molecule has 1 atom stereocenters. The van der Waals surface area contributed by atoms with E-state index >= 15 is 0 Å². The summed E-state index contributed by atoms with van der Waals surface area (Å²) in [4.78, 5) is 20.3. The van der Waals surface area contributed by atoms with Gasteiger partial charge in [-0.15, -0.1) is 0 Å². The molecular formula is C19H22N6. The summed E-state index contributed by atoms with van der Waals surface area (Å²) in [6, 6.07) is 8.25. The molecule has 0 amide bonds. The fourth-order valence-electron chi connectivity index (χ4n) is 3.47. The summed E-state index contributed by atoms with van der Waals surface area (Å²) in [6.07, 6.45) is 7.90. The van der Waals surface area contributed by atoms with Crippen LogP contribution in [-0.2, 0) is 0 Å². The molecule has 0 radical (unpaired) electrons. The summed E-state index contributed by atoms with van der Waals surface area (Å²) in [5, 5.41) is 0. The van der Waals surface area contributed by atoms with E-state index in [4.69, 9.17) is 4.98 Å². The molecule has 0 bridgehead atoms. The molecule has 25 heavy (non-hydrogen) atoms. The Bertz CT molecular complexity index is 872. The second-order valence-corrected chi connectivity index (χ2v) is 6.51. The fourth-order valence-corrected chi connectivity index (χ4v) is 3.47. The molecule has 1 aliphatic heterocycles. The standard InChI is InChI=1S/C19H22N6/c1-14-20-9-8-18(22-14)24-11-4-5-16(13-24)17-6-3-7-19(23-17)25-12-10-21-15(25)2/h3,6-10,12,16H,4-5,11,13H2,1-2H3. The van der Waals surface area contributed by atoms with E-state index < -0.39 is 0 Å². The molecule has 3 aromatic rings. The number of pyridine rings is 1. The van der Waals surface area contributed by atoms with Crippen molar-refractivity contribution in [2.75, 3.05) is 18.0 Å². The molecule has 1 saturated heterocycles.